The summed E-state index contributed by atoms with van der Waals surface area (Å²) in [7, 11) is 0. The highest BCUT2D eigenvalue weighted by Gasteiger charge is 2.14. The van der Waals surface area contributed by atoms with Crippen LogP contribution >= 0.6 is 23.2 Å². The Bertz CT molecular complexity index is 996. The molecule has 0 spiro atoms. The van der Waals surface area contributed by atoms with Crippen LogP contribution in [0.5, 0.6) is 0 Å². The summed E-state index contributed by atoms with van der Waals surface area (Å²) in [6.07, 6.45) is 1.02. The molecule has 0 bridgehead atoms. The fourth-order valence-corrected chi connectivity index (χ4v) is 2.71. The first-order valence-corrected chi connectivity index (χ1v) is 7.71. The second-order valence-electron chi connectivity index (χ2n) is 5.09. The maximum atomic E-state index is 11.8. The second kappa shape index (κ2) is 6.60. The van der Waals surface area contributed by atoms with Gasteiger partial charge in [0.05, 0.1) is 11.7 Å². The summed E-state index contributed by atoms with van der Waals surface area (Å²) < 4.78 is 1.05. The van der Waals surface area contributed by atoms with Crippen LogP contribution < -0.4 is 17.0 Å². The number of nitrogens with zero attached hydrogens (tertiary/aromatic N) is 2. The van der Waals surface area contributed by atoms with Gasteiger partial charge in [-0.2, -0.15) is 9.78 Å². The molecule has 6 nitrogen and oxygen atoms in total. The van der Waals surface area contributed by atoms with Gasteiger partial charge in [0.25, 0.3) is 5.56 Å². The van der Waals surface area contributed by atoms with Gasteiger partial charge in [-0.1, -0.05) is 41.4 Å². The van der Waals surface area contributed by atoms with E-state index in [0.717, 1.165) is 16.4 Å². The minimum Gasteiger partial charge on any atom is -0.320 e. The molecule has 0 saturated heterocycles. The molecular weight excluding hydrogens is 351 g/mol. The number of rotatable bonds is 3. The van der Waals surface area contributed by atoms with Crippen LogP contribution in [0.1, 0.15) is 17.2 Å². The summed E-state index contributed by atoms with van der Waals surface area (Å²) in [6, 6.07) is 11.7. The summed E-state index contributed by atoms with van der Waals surface area (Å²) >= 11 is 12.2. The van der Waals surface area contributed by atoms with E-state index in [1.807, 2.05) is 12.1 Å². The first-order valence-electron chi connectivity index (χ1n) is 6.95. The second-order valence-corrected chi connectivity index (χ2v) is 5.93. The smallest absolute Gasteiger partial charge is 0.320 e. The van der Waals surface area contributed by atoms with Crippen LogP contribution in [0.25, 0.3) is 5.69 Å². The van der Waals surface area contributed by atoms with E-state index in [-0.39, 0.29) is 0 Å². The Morgan fingerprint density at radius 2 is 1.79 bits per heavy atom. The fraction of sp³-hybridized carbons (Fsp3) is 0.0625. The molecule has 122 valence electrons. The van der Waals surface area contributed by atoms with Crippen molar-refractivity contribution in [1.82, 2.24) is 14.8 Å². The third-order valence-corrected chi connectivity index (χ3v) is 4.09. The van der Waals surface area contributed by atoms with Crippen molar-refractivity contribution >= 4 is 23.2 Å². The normalized spacial score (nSPS) is 12.1. The Labute approximate surface area is 146 Å². The molecule has 3 N–H and O–H groups in total. The van der Waals surface area contributed by atoms with E-state index in [2.05, 4.69) is 10.1 Å². The average Bonchev–Trinajstić information content (AvgIpc) is 2.55. The summed E-state index contributed by atoms with van der Waals surface area (Å²) in [6.45, 7) is 0. The lowest BCUT2D eigenvalue weighted by atomic mass is 9.99. The van der Waals surface area contributed by atoms with Gasteiger partial charge in [0.1, 0.15) is 6.20 Å². The maximum Gasteiger partial charge on any atom is 0.349 e. The van der Waals surface area contributed by atoms with Crippen LogP contribution in [0, 0.1) is 0 Å². The molecule has 0 radical (unpaired) electrons. The predicted molar refractivity (Wildman–Crippen MR) is 92.9 cm³/mol. The van der Waals surface area contributed by atoms with Gasteiger partial charge in [0.15, 0.2) is 0 Å². The molecule has 3 aromatic rings. The molecule has 0 saturated carbocycles. The lowest BCUT2D eigenvalue weighted by molar-refractivity contribution is 0.748. The van der Waals surface area contributed by atoms with E-state index in [1.54, 1.807) is 30.3 Å². The molecule has 0 aliphatic carbocycles. The van der Waals surface area contributed by atoms with Crippen molar-refractivity contribution in [2.24, 2.45) is 5.73 Å². The standard InChI is InChI=1S/C16H12Cl2N4O2/c17-10-3-1-9(2-4-10)15(19)12-6-5-11(7-13(12)18)22-16(24)21-14(23)8-20-22/h1-8,15H,19H2,(H,21,23,24). The summed E-state index contributed by atoms with van der Waals surface area (Å²) in [4.78, 5) is 25.0. The predicted octanol–water partition coefficient (Wildman–Crippen LogP) is 2.28. The van der Waals surface area contributed by atoms with Gasteiger partial charge in [0, 0.05) is 10.0 Å². The highest BCUT2D eigenvalue weighted by Crippen LogP contribution is 2.28. The zero-order valence-corrected chi connectivity index (χ0v) is 13.8. The van der Waals surface area contributed by atoms with Gasteiger partial charge >= 0.3 is 5.69 Å². The van der Waals surface area contributed by atoms with Crippen LogP contribution in [0.2, 0.25) is 10.0 Å². The number of aromatic amines is 1. The molecule has 1 unspecified atom stereocenters. The molecule has 1 aromatic heterocycles. The van der Waals surface area contributed by atoms with Crippen molar-refractivity contribution in [3.8, 4) is 5.69 Å². The largest absolute Gasteiger partial charge is 0.349 e. The Kier molecular flexibility index (Phi) is 4.53. The van der Waals surface area contributed by atoms with Crippen LogP contribution in [0.4, 0.5) is 0 Å². The van der Waals surface area contributed by atoms with Gasteiger partial charge in [-0.15, -0.1) is 0 Å². The van der Waals surface area contributed by atoms with Crippen molar-refractivity contribution in [1.29, 1.82) is 0 Å². The molecule has 2 aromatic carbocycles. The van der Waals surface area contributed by atoms with Gasteiger partial charge in [0.2, 0.25) is 0 Å². The number of nitrogens with one attached hydrogen (secondary N) is 1. The molecule has 1 atom stereocenters. The first kappa shape index (κ1) is 16.4. The molecule has 0 fully saturated rings. The van der Waals surface area contributed by atoms with E-state index in [1.165, 1.54) is 0 Å². The van der Waals surface area contributed by atoms with Crippen LogP contribution in [-0.2, 0) is 0 Å². The van der Waals surface area contributed by atoms with E-state index < -0.39 is 17.3 Å². The third kappa shape index (κ3) is 3.26. The average molecular weight is 363 g/mol. The Hall–Kier alpha value is -2.41. The molecule has 0 aliphatic rings. The van der Waals surface area contributed by atoms with E-state index in [0.29, 0.717) is 21.3 Å². The summed E-state index contributed by atoms with van der Waals surface area (Å²) in [5.41, 5.74) is 7.01. The zero-order chi connectivity index (χ0) is 17.3. The van der Waals surface area contributed by atoms with E-state index >= 15 is 0 Å². The molecule has 0 aliphatic heterocycles. The molecule has 8 heteroatoms. The number of halogens is 2. The highest BCUT2D eigenvalue weighted by atomic mass is 35.5. The molecule has 24 heavy (non-hydrogen) atoms. The molecule has 0 amide bonds. The van der Waals surface area contributed by atoms with E-state index in [4.69, 9.17) is 28.9 Å². The van der Waals surface area contributed by atoms with Gasteiger partial charge < -0.3 is 5.73 Å². The number of nitrogens with two attached hydrogens (primary N) is 1. The number of H-pyrrole nitrogens is 1. The summed E-state index contributed by atoms with van der Waals surface area (Å²) in [5.74, 6) is 0. The van der Waals surface area contributed by atoms with Gasteiger partial charge in [-0.05, 0) is 35.4 Å². The third-order valence-electron chi connectivity index (χ3n) is 3.51. The summed E-state index contributed by atoms with van der Waals surface area (Å²) in [5, 5.41) is 4.79. The van der Waals surface area contributed by atoms with Gasteiger partial charge in [-0.3, -0.25) is 9.78 Å². The topological polar surface area (TPSA) is 93.8 Å². The lowest BCUT2D eigenvalue weighted by Gasteiger charge is -2.15. The minimum absolute atomic E-state index is 0.384. The fourth-order valence-electron chi connectivity index (χ4n) is 2.29. The Morgan fingerprint density at radius 3 is 2.42 bits per heavy atom. The van der Waals surface area contributed by atoms with Crippen molar-refractivity contribution < 1.29 is 0 Å². The number of hydrogen-bond donors (Lipinski definition) is 2. The van der Waals surface area contributed by atoms with Crippen molar-refractivity contribution in [2.75, 3.05) is 0 Å². The monoisotopic (exact) mass is 362 g/mol. The number of benzene rings is 2. The van der Waals surface area contributed by atoms with Crippen molar-refractivity contribution in [3.05, 3.63) is 90.7 Å². The van der Waals surface area contributed by atoms with Gasteiger partial charge in [-0.25, -0.2) is 4.79 Å². The SMILES string of the molecule is NC(c1ccc(Cl)cc1)c1ccc(-n2ncc(=O)[nH]c2=O)cc1Cl. The van der Waals surface area contributed by atoms with E-state index in [9.17, 15) is 9.59 Å². The Balaban J connectivity index is 1.99. The van der Waals surface area contributed by atoms with Crippen molar-refractivity contribution in [3.63, 3.8) is 0 Å². The quantitative estimate of drug-likeness (QED) is 0.747. The number of hydrogen-bond acceptors (Lipinski definition) is 4. The highest BCUT2D eigenvalue weighted by molar-refractivity contribution is 6.31. The first-order chi connectivity index (χ1) is 11.5. The maximum absolute atomic E-state index is 11.8. The minimum atomic E-state index is -0.645. The zero-order valence-electron chi connectivity index (χ0n) is 12.2. The van der Waals surface area contributed by atoms with Crippen molar-refractivity contribution in [2.45, 2.75) is 6.04 Å². The Morgan fingerprint density at radius 1 is 1.08 bits per heavy atom. The molecule has 1 heterocycles. The van der Waals surface area contributed by atoms with Crippen LogP contribution in [0.15, 0.2) is 58.3 Å². The number of aromatic nitrogens is 3. The molecule has 3 rings (SSSR count). The lowest BCUT2D eigenvalue weighted by Crippen LogP contribution is -2.30. The molecular formula is C16H12Cl2N4O2. The van der Waals surface area contributed by atoms with Crippen LogP contribution in [0.3, 0.4) is 0 Å². The van der Waals surface area contributed by atoms with Crippen LogP contribution in [-0.4, -0.2) is 14.8 Å².